The number of carbonyl (C=O) groups is 1. The summed E-state index contributed by atoms with van der Waals surface area (Å²) >= 11 is 2.85. The molecule has 0 aliphatic heterocycles. The van der Waals surface area contributed by atoms with Crippen LogP contribution >= 0.6 is 23.1 Å². The van der Waals surface area contributed by atoms with E-state index in [1.807, 2.05) is 24.3 Å². The number of carbonyl (C=O) groups excluding carboxylic acids is 1. The lowest BCUT2D eigenvalue weighted by molar-refractivity contribution is -0.119. The van der Waals surface area contributed by atoms with E-state index in [0.717, 1.165) is 22.2 Å². The summed E-state index contributed by atoms with van der Waals surface area (Å²) in [7, 11) is 1.63. The Labute approximate surface area is 168 Å². The van der Waals surface area contributed by atoms with Crippen molar-refractivity contribution in [2.75, 3.05) is 18.2 Å². The van der Waals surface area contributed by atoms with Crippen LogP contribution in [0.25, 0.3) is 0 Å². The maximum atomic E-state index is 12.3. The number of nitrogens with zero attached hydrogens (tertiary/aromatic N) is 2. The van der Waals surface area contributed by atoms with Gasteiger partial charge in [0.25, 0.3) is 0 Å². The number of rotatable bonds is 7. The van der Waals surface area contributed by atoms with Crippen LogP contribution in [-0.4, -0.2) is 35.0 Å². The fourth-order valence-electron chi connectivity index (χ4n) is 3.34. The van der Waals surface area contributed by atoms with Gasteiger partial charge in [0.1, 0.15) is 5.75 Å². The van der Waals surface area contributed by atoms with Crippen molar-refractivity contribution in [3.05, 3.63) is 24.3 Å². The number of benzene rings is 1. The number of hydrogen-bond donors (Lipinski definition) is 2. The average Bonchev–Trinajstić information content (AvgIpc) is 3.12. The Balaban J connectivity index is 1.50. The zero-order valence-electron chi connectivity index (χ0n) is 15.9. The summed E-state index contributed by atoms with van der Waals surface area (Å²) in [5.41, 5.74) is 0.839. The van der Waals surface area contributed by atoms with Gasteiger partial charge >= 0.3 is 0 Å². The molecule has 27 heavy (non-hydrogen) atoms. The van der Waals surface area contributed by atoms with Crippen molar-refractivity contribution < 1.29 is 9.53 Å². The zero-order chi connectivity index (χ0) is 19.2. The SMILES string of the molecule is COc1ccccc1Nc1nnc(SCC(=O)N[C@H]2CCC[C@@H](C)[C@H]2C)s1. The summed E-state index contributed by atoms with van der Waals surface area (Å²) in [5.74, 6) is 2.38. The molecule has 8 heteroatoms. The van der Waals surface area contributed by atoms with E-state index in [2.05, 4.69) is 34.7 Å². The molecule has 1 fully saturated rings. The molecular weight excluding hydrogens is 380 g/mol. The van der Waals surface area contributed by atoms with Crippen molar-refractivity contribution in [1.29, 1.82) is 0 Å². The van der Waals surface area contributed by atoms with Crippen molar-refractivity contribution in [2.24, 2.45) is 11.8 Å². The maximum absolute atomic E-state index is 12.3. The van der Waals surface area contributed by atoms with Gasteiger partial charge in [-0.15, -0.1) is 10.2 Å². The topological polar surface area (TPSA) is 76.1 Å². The highest BCUT2D eigenvalue weighted by Gasteiger charge is 2.28. The molecule has 1 amide bonds. The highest BCUT2D eigenvalue weighted by Crippen LogP contribution is 2.32. The van der Waals surface area contributed by atoms with Gasteiger partial charge in [-0.05, 0) is 30.4 Å². The molecule has 0 bridgehead atoms. The summed E-state index contributed by atoms with van der Waals surface area (Å²) in [6, 6.07) is 7.94. The van der Waals surface area contributed by atoms with Crippen LogP contribution in [-0.2, 0) is 4.79 Å². The smallest absolute Gasteiger partial charge is 0.230 e. The second-order valence-electron chi connectivity index (χ2n) is 6.93. The average molecular weight is 407 g/mol. The number of thioether (sulfide) groups is 1. The molecule has 0 unspecified atom stereocenters. The summed E-state index contributed by atoms with van der Waals surface area (Å²) in [4.78, 5) is 12.3. The summed E-state index contributed by atoms with van der Waals surface area (Å²) < 4.78 is 6.10. The minimum atomic E-state index is 0.0698. The lowest BCUT2D eigenvalue weighted by Gasteiger charge is -2.34. The molecule has 1 aromatic heterocycles. The van der Waals surface area contributed by atoms with E-state index in [9.17, 15) is 4.79 Å². The molecule has 0 saturated heterocycles. The van der Waals surface area contributed by atoms with E-state index >= 15 is 0 Å². The normalized spacial score (nSPS) is 22.3. The summed E-state index contributed by atoms with van der Waals surface area (Å²) in [6.07, 6.45) is 3.53. The third kappa shape index (κ3) is 5.35. The third-order valence-corrected chi connectivity index (χ3v) is 7.11. The molecule has 146 valence electrons. The van der Waals surface area contributed by atoms with Crippen LogP contribution in [0, 0.1) is 11.8 Å². The molecule has 1 aliphatic carbocycles. The van der Waals surface area contributed by atoms with Crippen molar-refractivity contribution in [3.8, 4) is 5.75 Å². The minimum Gasteiger partial charge on any atom is -0.495 e. The second-order valence-corrected chi connectivity index (χ2v) is 9.13. The highest BCUT2D eigenvalue weighted by atomic mass is 32.2. The number of amides is 1. The van der Waals surface area contributed by atoms with E-state index in [0.29, 0.717) is 28.8 Å². The predicted octanol–water partition coefficient (Wildman–Crippen LogP) is 4.32. The van der Waals surface area contributed by atoms with Crippen LogP contribution in [0.1, 0.15) is 33.1 Å². The zero-order valence-corrected chi connectivity index (χ0v) is 17.5. The second kappa shape index (κ2) is 9.41. The number of methoxy groups -OCH3 is 1. The molecular formula is C19H26N4O2S2. The van der Waals surface area contributed by atoms with Gasteiger partial charge in [0.15, 0.2) is 4.34 Å². The molecule has 6 nitrogen and oxygen atoms in total. The number of nitrogens with one attached hydrogen (secondary N) is 2. The number of anilines is 2. The summed E-state index contributed by atoms with van der Waals surface area (Å²) in [5, 5.41) is 15.4. The fraction of sp³-hybridized carbons (Fsp3) is 0.526. The third-order valence-electron chi connectivity index (χ3n) is 5.13. The quantitative estimate of drug-likeness (QED) is 0.667. The van der Waals surface area contributed by atoms with E-state index in [-0.39, 0.29) is 5.91 Å². The minimum absolute atomic E-state index is 0.0698. The predicted molar refractivity (Wildman–Crippen MR) is 111 cm³/mol. The maximum Gasteiger partial charge on any atom is 0.230 e. The lowest BCUT2D eigenvalue weighted by atomic mass is 9.78. The van der Waals surface area contributed by atoms with Gasteiger partial charge in [-0.2, -0.15) is 0 Å². The molecule has 2 aromatic rings. The standard InChI is InChI=1S/C19H26N4O2S2/c1-12-7-6-9-14(13(12)2)20-17(24)11-26-19-23-22-18(27-19)21-15-8-4-5-10-16(15)25-3/h4-5,8,10,12-14H,6-7,9,11H2,1-3H3,(H,20,24)(H,21,22)/t12-,13-,14+/m1/s1. The van der Waals surface area contributed by atoms with Crippen molar-refractivity contribution >= 4 is 39.8 Å². The monoisotopic (exact) mass is 406 g/mol. The molecule has 1 aliphatic rings. The number of ether oxygens (including phenoxy) is 1. The first kappa shape index (κ1) is 19.9. The fourth-order valence-corrected chi connectivity index (χ4v) is 4.92. The molecule has 2 N–H and O–H groups in total. The first-order chi connectivity index (χ1) is 13.1. The number of hydrogen-bond acceptors (Lipinski definition) is 7. The van der Waals surface area contributed by atoms with Gasteiger partial charge in [-0.3, -0.25) is 4.79 Å². The van der Waals surface area contributed by atoms with E-state index in [4.69, 9.17) is 4.74 Å². The van der Waals surface area contributed by atoms with Gasteiger partial charge in [0, 0.05) is 6.04 Å². The Morgan fingerprint density at radius 1 is 1.30 bits per heavy atom. The molecule has 3 atom stereocenters. The van der Waals surface area contributed by atoms with Crippen LogP contribution in [0.5, 0.6) is 5.75 Å². The van der Waals surface area contributed by atoms with Crippen molar-refractivity contribution in [2.45, 2.75) is 43.5 Å². The van der Waals surface area contributed by atoms with Crippen LogP contribution in [0.2, 0.25) is 0 Å². The Hall–Kier alpha value is -1.80. The number of para-hydroxylation sites is 2. The Morgan fingerprint density at radius 2 is 2.11 bits per heavy atom. The van der Waals surface area contributed by atoms with Gasteiger partial charge in [0.05, 0.1) is 18.6 Å². The Kier molecular flexibility index (Phi) is 6.95. The van der Waals surface area contributed by atoms with E-state index in [1.165, 1.54) is 35.9 Å². The van der Waals surface area contributed by atoms with Crippen LogP contribution in [0.15, 0.2) is 28.6 Å². The van der Waals surface area contributed by atoms with E-state index in [1.54, 1.807) is 7.11 Å². The van der Waals surface area contributed by atoms with Crippen LogP contribution in [0.4, 0.5) is 10.8 Å². The van der Waals surface area contributed by atoms with Crippen molar-refractivity contribution in [1.82, 2.24) is 15.5 Å². The molecule has 1 aromatic carbocycles. The van der Waals surface area contributed by atoms with Crippen LogP contribution in [0.3, 0.4) is 0 Å². The molecule has 1 heterocycles. The van der Waals surface area contributed by atoms with Crippen molar-refractivity contribution in [3.63, 3.8) is 0 Å². The van der Waals surface area contributed by atoms with Crippen LogP contribution < -0.4 is 15.4 Å². The van der Waals surface area contributed by atoms with Gasteiger partial charge in [0.2, 0.25) is 11.0 Å². The largest absolute Gasteiger partial charge is 0.495 e. The van der Waals surface area contributed by atoms with Gasteiger partial charge in [-0.1, -0.05) is 61.9 Å². The molecule has 0 radical (unpaired) electrons. The summed E-state index contributed by atoms with van der Waals surface area (Å²) in [6.45, 7) is 4.51. The highest BCUT2D eigenvalue weighted by molar-refractivity contribution is 8.01. The van der Waals surface area contributed by atoms with Gasteiger partial charge in [-0.25, -0.2) is 0 Å². The Morgan fingerprint density at radius 3 is 2.93 bits per heavy atom. The van der Waals surface area contributed by atoms with E-state index < -0.39 is 0 Å². The van der Waals surface area contributed by atoms with Gasteiger partial charge < -0.3 is 15.4 Å². The molecule has 3 rings (SSSR count). The first-order valence-electron chi connectivity index (χ1n) is 9.22. The lowest BCUT2D eigenvalue weighted by Crippen LogP contribution is -2.44. The molecule has 1 saturated carbocycles. The number of aromatic nitrogens is 2. The Bertz CT molecular complexity index is 768. The first-order valence-corrected chi connectivity index (χ1v) is 11.0. The molecule has 0 spiro atoms.